The summed E-state index contributed by atoms with van der Waals surface area (Å²) < 4.78 is 0. The first-order chi connectivity index (χ1) is 12.1. The summed E-state index contributed by atoms with van der Waals surface area (Å²) in [5, 5.41) is 3.90. The molecular formula is C20H27ClN2O2. The van der Waals surface area contributed by atoms with E-state index >= 15 is 0 Å². The summed E-state index contributed by atoms with van der Waals surface area (Å²) in [5.74, 6) is 0.586. The van der Waals surface area contributed by atoms with Crippen molar-refractivity contribution in [2.45, 2.75) is 57.4 Å². The number of carbonyl (C=O) groups is 2. The van der Waals surface area contributed by atoms with Crippen molar-refractivity contribution < 1.29 is 9.59 Å². The van der Waals surface area contributed by atoms with E-state index in [1.54, 1.807) is 0 Å². The van der Waals surface area contributed by atoms with Crippen LogP contribution in [-0.4, -0.2) is 35.8 Å². The molecule has 2 amide bonds. The SMILES string of the molecule is O=C(NC1CCN(C(=O)Cc2ccc(Cl)cc2)CC1)C1CCCCC1. The third kappa shape index (κ3) is 5.21. The summed E-state index contributed by atoms with van der Waals surface area (Å²) in [6, 6.07) is 7.65. The summed E-state index contributed by atoms with van der Waals surface area (Å²) >= 11 is 5.88. The smallest absolute Gasteiger partial charge is 0.226 e. The fourth-order valence-corrected chi connectivity index (χ4v) is 3.97. The van der Waals surface area contributed by atoms with Crippen LogP contribution in [0, 0.1) is 5.92 Å². The van der Waals surface area contributed by atoms with Crippen LogP contribution in [0.3, 0.4) is 0 Å². The maximum absolute atomic E-state index is 12.4. The van der Waals surface area contributed by atoms with Gasteiger partial charge in [-0.25, -0.2) is 0 Å². The highest BCUT2D eigenvalue weighted by molar-refractivity contribution is 6.30. The molecule has 25 heavy (non-hydrogen) atoms. The van der Waals surface area contributed by atoms with Crippen LogP contribution in [0.4, 0.5) is 0 Å². The Balaban J connectivity index is 1.42. The highest BCUT2D eigenvalue weighted by Gasteiger charge is 2.27. The first-order valence-electron chi connectivity index (χ1n) is 9.44. The third-order valence-corrected chi connectivity index (χ3v) is 5.69. The topological polar surface area (TPSA) is 49.4 Å². The van der Waals surface area contributed by atoms with Gasteiger partial charge in [0.2, 0.25) is 11.8 Å². The summed E-state index contributed by atoms with van der Waals surface area (Å²) in [5.41, 5.74) is 0.988. The Morgan fingerprint density at radius 3 is 2.28 bits per heavy atom. The lowest BCUT2D eigenvalue weighted by Gasteiger charge is -2.33. The van der Waals surface area contributed by atoms with E-state index in [2.05, 4.69) is 5.32 Å². The molecule has 0 atom stereocenters. The van der Waals surface area contributed by atoms with Gasteiger partial charge in [-0.15, -0.1) is 0 Å². The average Bonchev–Trinajstić information content (AvgIpc) is 2.65. The molecular weight excluding hydrogens is 336 g/mol. The van der Waals surface area contributed by atoms with Crippen molar-refractivity contribution in [3.8, 4) is 0 Å². The van der Waals surface area contributed by atoms with Crippen molar-refractivity contribution in [1.29, 1.82) is 0 Å². The Morgan fingerprint density at radius 2 is 1.64 bits per heavy atom. The standard InChI is InChI=1S/C20H27ClN2O2/c21-17-8-6-15(7-9-17)14-19(24)23-12-10-18(11-13-23)22-20(25)16-4-2-1-3-5-16/h6-9,16,18H,1-5,10-14H2,(H,22,25). The van der Waals surface area contributed by atoms with E-state index in [9.17, 15) is 9.59 Å². The predicted molar refractivity (Wildman–Crippen MR) is 99.5 cm³/mol. The van der Waals surface area contributed by atoms with Crippen molar-refractivity contribution >= 4 is 23.4 Å². The minimum absolute atomic E-state index is 0.152. The normalized spacial score (nSPS) is 19.6. The van der Waals surface area contributed by atoms with Crippen LogP contribution in [0.2, 0.25) is 5.02 Å². The zero-order valence-electron chi connectivity index (χ0n) is 14.7. The molecule has 2 fully saturated rings. The first-order valence-corrected chi connectivity index (χ1v) is 9.82. The van der Waals surface area contributed by atoms with Crippen LogP contribution in [0.25, 0.3) is 0 Å². The molecule has 1 saturated carbocycles. The zero-order chi connectivity index (χ0) is 17.6. The van der Waals surface area contributed by atoms with E-state index in [-0.39, 0.29) is 23.8 Å². The number of halogens is 1. The van der Waals surface area contributed by atoms with E-state index < -0.39 is 0 Å². The molecule has 5 heteroatoms. The quantitative estimate of drug-likeness (QED) is 0.890. The number of piperidine rings is 1. The molecule has 3 rings (SSSR count). The number of hydrogen-bond donors (Lipinski definition) is 1. The number of nitrogens with one attached hydrogen (secondary N) is 1. The number of hydrogen-bond acceptors (Lipinski definition) is 2. The molecule has 2 aliphatic rings. The third-order valence-electron chi connectivity index (χ3n) is 5.44. The number of amides is 2. The Labute approximate surface area is 154 Å². The van der Waals surface area contributed by atoms with Crippen LogP contribution < -0.4 is 5.32 Å². The maximum atomic E-state index is 12.4. The lowest BCUT2D eigenvalue weighted by molar-refractivity contribution is -0.131. The van der Waals surface area contributed by atoms with Crippen LogP contribution >= 0.6 is 11.6 Å². The molecule has 0 spiro atoms. The number of rotatable bonds is 4. The van der Waals surface area contributed by atoms with Crippen molar-refractivity contribution in [3.05, 3.63) is 34.9 Å². The van der Waals surface area contributed by atoms with Gasteiger partial charge >= 0.3 is 0 Å². The molecule has 1 aromatic carbocycles. The predicted octanol–water partition coefficient (Wildman–Crippen LogP) is 3.57. The van der Waals surface area contributed by atoms with Crippen LogP contribution in [0.15, 0.2) is 24.3 Å². The van der Waals surface area contributed by atoms with Gasteiger partial charge in [-0.2, -0.15) is 0 Å². The Bertz CT molecular complexity index is 588. The van der Waals surface area contributed by atoms with Crippen LogP contribution in [0.5, 0.6) is 0 Å². The molecule has 1 heterocycles. The van der Waals surface area contributed by atoms with Gasteiger partial charge in [0, 0.05) is 30.1 Å². The molecule has 1 saturated heterocycles. The number of benzene rings is 1. The van der Waals surface area contributed by atoms with Crippen molar-refractivity contribution in [3.63, 3.8) is 0 Å². The molecule has 0 aromatic heterocycles. The second-order valence-corrected chi connectivity index (χ2v) is 7.74. The zero-order valence-corrected chi connectivity index (χ0v) is 15.4. The van der Waals surface area contributed by atoms with Crippen molar-refractivity contribution in [2.24, 2.45) is 5.92 Å². The molecule has 1 aliphatic heterocycles. The van der Waals surface area contributed by atoms with Gasteiger partial charge < -0.3 is 10.2 Å². The molecule has 0 unspecified atom stereocenters. The van der Waals surface area contributed by atoms with Gasteiger partial charge in [0.15, 0.2) is 0 Å². The number of carbonyl (C=O) groups excluding carboxylic acids is 2. The molecule has 0 bridgehead atoms. The highest BCUT2D eigenvalue weighted by Crippen LogP contribution is 2.24. The fourth-order valence-electron chi connectivity index (χ4n) is 3.85. The minimum Gasteiger partial charge on any atom is -0.353 e. The van der Waals surface area contributed by atoms with E-state index in [1.165, 1.54) is 19.3 Å². The van der Waals surface area contributed by atoms with E-state index in [4.69, 9.17) is 11.6 Å². The van der Waals surface area contributed by atoms with E-state index in [0.29, 0.717) is 11.4 Å². The molecule has 136 valence electrons. The van der Waals surface area contributed by atoms with Crippen LogP contribution in [0.1, 0.15) is 50.5 Å². The number of likely N-dealkylation sites (tertiary alicyclic amines) is 1. The Hall–Kier alpha value is -1.55. The second-order valence-electron chi connectivity index (χ2n) is 7.30. The lowest BCUT2D eigenvalue weighted by atomic mass is 9.88. The first kappa shape index (κ1) is 18.2. The molecule has 4 nitrogen and oxygen atoms in total. The average molecular weight is 363 g/mol. The van der Waals surface area contributed by atoms with E-state index in [0.717, 1.165) is 44.3 Å². The van der Waals surface area contributed by atoms with Gasteiger partial charge in [0.1, 0.15) is 0 Å². The minimum atomic E-state index is 0.152. The van der Waals surface area contributed by atoms with Crippen molar-refractivity contribution in [2.75, 3.05) is 13.1 Å². The largest absolute Gasteiger partial charge is 0.353 e. The summed E-state index contributed by atoms with van der Waals surface area (Å²) in [6.45, 7) is 1.45. The van der Waals surface area contributed by atoms with Gasteiger partial charge in [-0.3, -0.25) is 9.59 Å². The van der Waals surface area contributed by atoms with Crippen molar-refractivity contribution in [1.82, 2.24) is 10.2 Å². The number of nitrogens with zero attached hydrogens (tertiary/aromatic N) is 1. The van der Waals surface area contributed by atoms with E-state index in [1.807, 2.05) is 29.2 Å². The molecule has 0 radical (unpaired) electrons. The lowest BCUT2D eigenvalue weighted by Crippen LogP contribution is -2.48. The Morgan fingerprint density at radius 1 is 1.00 bits per heavy atom. The Kier molecular flexibility index (Phi) is 6.35. The van der Waals surface area contributed by atoms with Gasteiger partial charge in [-0.1, -0.05) is 43.0 Å². The molecule has 1 N–H and O–H groups in total. The maximum Gasteiger partial charge on any atom is 0.226 e. The van der Waals surface area contributed by atoms with Gasteiger partial charge in [-0.05, 0) is 43.4 Å². The second kappa shape index (κ2) is 8.70. The summed E-state index contributed by atoms with van der Waals surface area (Å²) in [4.78, 5) is 26.7. The monoisotopic (exact) mass is 362 g/mol. The highest BCUT2D eigenvalue weighted by atomic mass is 35.5. The van der Waals surface area contributed by atoms with Gasteiger partial charge in [0.05, 0.1) is 6.42 Å². The fraction of sp³-hybridized carbons (Fsp3) is 0.600. The molecule has 1 aromatic rings. The van der Waals surface area contributed by atoms with Crippen LogP contribution in [-0.2, 0) is 16.0 Å². The summed E-state index contributed by atoms with van der Waals surface area (Å²) in [6.07, 6.45) is 7.80. The molecule has 1 aliphatic carbocycles. The van der Waals surface area contributed by atoms with Gasteiger partial charge in [0.25, 0.3) is 0 Å². The summed E-state index contributed by atoms with van der Waals surface area (Å²) in [7, 11) is 0.